The lowest BCUT2D eigenvalue weighted by atomic mass is 9.95. The summed E-state index contributed by atoms with van der Waals surface area (Å²) in [6.07, 6.45) is 2.97. The molecule has 0 spiro atoms. The van der Waals surface area contributed by atoms with Gasteiger partial charge in [-0.25, -0.2) is 14.4 Å². The van der Waals surface area contributed by atoms with Crippen LogP contribution in [0, 0.1) is 0 Å². The zero-order valence-electron chi connectivity index (χ0n) is 24.2. The molecule has 0 bridgehead atoms. The van der Waals surface area contributed by atoms with E-state index >= 15 is 0 Å². The number of ether oxygens (including phenoxy) is 2. The molecule has 0 saturated heterocycles. The molecule has 3 rings (SSSR count). The Morgan fingerprint density at radius 2 is 1.14 bits per heavy atom. The van der Waals surface area contributed by atoms with Crippen molar-refractivity contribution in [2.24, 2.45) is 0 Å². The molecule has 0 aliphatic carbocycles. The fourth-order valence-corrected chi connectivity index (χ4v) is 4.71. The minimum atomic E-state index is -1.33. The van der Waals surface area contributed by atoms with Gasteiger partial charge < -0.3 is 35.0 Å². The van der Waals surface area contributed by atoms with E-state index in [4.69, 9.17) is 9.47 Å². The third kappa shape index (κ3) is 7.12. The minimum Gasteiger partial charge on any atom is -0.508 e. The van der Waals surface area contributed by atoms with Gasteiger partial charge in [-0.15, -0.1) is 0 Å². The number of benzene rings is 3. The fraction of sp³-hybridized carbons (Fsp3) is 0.344. The van der Waals surface area contributed by atoms with Crippen molar-refractivity contribution in [3.63, 3.8) is 0 Å². The molecule has 0 aliphatic heterocycles. The van der Waals surface area contributed by atoms with Gasteiger partial charge >= 0.3 is 17.9 Å². The van der Waals surface area contributed by atoms with E-state index in [1.54, 1.807) is 27.7 Å². The van der Waals surface area contributed by atoms with Crippen LogP contribution in [0.15, 0.2) is 36.4 Å². The van der Waals surface area contributed by atoms with Gasteiger partial charge in [-0.1, -0.05) is 47.5 Å². The molecule has 0 heterocycles. The maximum atomic E-state index is 13.2. The van der Waals surface area contributed by atoms with Crippen LogP contribution in [0.4, 0.5) is 0 Å². The Morgan fingerprint density at radius 1 is 0.667 bits per heavy atom. The molecule has 3 aromatic rings. The first kappa shape index (κ1) is 31.8. The van der Waals surface area contributed by atoms with Crippen molar-refractivity contribution in [1.29, 1.82) is 0 Å². The quantitative estimate of drug-likeness (QED) is 0.0942. The maximum absolute atomic E-state index is 13.2. The number of carbonyl (C=O) groups is 3. The number of rotatable bonds is 11. The van der Waals surface area contributed by atoms with Crippen LogP contribution in [0.5, 0.6) is 34.5 Å². The van der Waals surface area contributed by atoms with E-state index in [0.717, 1.165) is 37.5 Å². The Labute approximate surface area is 243 Å². The summed E-state index contributed by atoms with van der Waals surface area (Å²) in [7, 11) is 0. The van der Waals surface area contributed by atoms with Crippen LogP contribution in [0.2, 0.25) is 0 Å². The lowest BCUT2D eigenvalue weighted by Gasteiger charge is -2.18. The molecular weight excluding hydrogens is 544 g/mol. The molecule has 0 atom stereocenters. The van der Waals surface area contributed by atoms with Crippen molar-refractivity contribution in [3.8, 4) is 34.5 Å². The normalized spacial score (nSPS) is 11.1. The second kappa shape index (κ2) is 13.3. The van der Waals surface area contributed by atoms with Gasteiger partial charge in [0.2, 0.25) is 0 Å². The van der Waals surface area contributed by atoms with Crippen LogP contribution in [-0.2, 0) is 6.42 Å². The highest BCUT2D eigenvalue weighted by molar-refractivity contribution is 5.98. The molecule has 42 heavy (non-hydrogen) atoms. The molecule has 10 nitrogen and oxygen atoms in total. The van der Waals surface area contributed by atoms with Gasteiger partial charge in [0.15, 0.2) is 0 Å². The molecule has 0 unspecified atom stereocenters. The number of aromatic hydroxyl groups is 4. The van der Waals surface area contributed by atoms with Gasteiger partial charge in [0.05, 0.1) is 0 Å². The van der Waals surface area contributed by atoms with E-state index in [2.05, 4.69) is 0 Å². The molecule has 10 heteroatoms. The summed E-state index contributed by atoms with van der Waals surface area (Å²) in [5, 5.41) is 51.0. The van der Waals surface area contributed by atoms with Crippen LogP contribution < -0.4 is 9.47 Å². The molecule has 0 aromatic heterocycles. The Morgan fingerprint density at radius 3 is 1.64 bits per heavy atom. The van der Waals surface area contributed by atoms with Gasteiger partial charge in [-0.2, -0.15) is 0 Å². The number of carboxylic acids is 1. The summed E-state index contributed by atoms with van der Waals surface area (Å²) < 4.78 is 10.9. The summed E-state index contributed by atoms with van der Waals surface area (Å²) in [6.45, 7) is 8.97. The van der Waals surface area contributed by atoms with Crippen molar-refractivity contribution in [3.05, 3.63) is 69.8 Å². The number of carboxylic acid groups (broad SMARTS) is 1. The highest BCUT2D eigenvalue weighted by Gasteiger charge is 2.26. The van der Waals surface area contributed by atoms with Crippen LogP contribution in [0.1, 0.15) is 113 Å². The first-order valence-electron chi connectivity index (χ1n) is 13.7. The number of phenolic OH excluding ortho intramolecular Hbond substituents is 3. The third-order valence-corrected chi connectivity index (χ3v) is 6.76. The van der Waals surface area contributed by atoms with Crippen LogP contribution in [0.3, 0.4) is 0 Å². The summed E-state index contributed by atoms with van der Waals surface area (Å²) in [6, 6.07) is 7.26. The monoisotopic (exact) mass is 580 g/mol. The zero-order valence-corrected chi connectivity index (χ0v) is 24.2. The smallest absolute Gasteiger partial charge is 0.347 e. The van der Waals surface area contributed by atoms with Crippen molar-refractivity contribution in [1.82, 2.24) is 0 Å². The van der Waals surface area contributed by atoms with Gasteiger partial charge in [-0.3, -0.25) is 0 Å². The van der Waals surface area contributed by atoms with E-state index in [-0.39, 0.29) is 56.9 Å². The molecule has 0 radical (unpaired) electrons. The Bertz CT molecular complexity index is 1500. The number of hydrogen-bond donors (Lipinski definition) is 5. The standard InChI is InChI=1S/C32H36O10/c1-6-7-8-9-18-10-19(33)11-24(34)27(18)31(39)41-21-13-23(17(4)5)29(26(36)15-21)32(40)42-20-12-22(16(2)3)28(30(37)38)25(35)14-20/h10-17,33-36H,6-9H2,1-5H3,(H,37,38). The number of aromatic carboxylic acids is 1. The van der Waals surface area contributed by atoms with Crippen LogP contribution >= 0.6 is 0 Å². The summed E-state index contributed by atoms with van der Waals surface area (Å²) >= 11 is 0. The van der Waals surface area contributed by atoms with E-state index in [1.807, 2.05) is 6.92 Å². The highest BCUT2D eigenvalue weighted by atomic mass is 16.5. The molecular formula is C32H36O10. The molecule has 0 saturated carbocycles. The van der Waals surface area contributed by atoms with Crippen molar-refractivity contribution in [2.75, 3.05) is 0 Å². The van der Waals surface area contributed by atoms with Gasteiger partial charge in [0.1, 0.15) is 51.2 Å². The van der Waals surface area contributed by atoms with E-state index < -0.39 is 35.2 Å². The van der Waals surface area contributed by atoms with E-state index in [9.17, 15) is 39.9 Å². The fourth-order valence-electron chi connectivity index (χ4n) is 4.71. The van der Waals surface area contributed by atoms with Gasteiger partial charge in [-0.05, 0) is 59.6 Å². The van der Waals surface area contributed by atoms with Crippen LogP contribution in [0.25, 0.3) is 0 Å². The Balaban J connectivity index is 1.96. The summed E-state index contributed by atoms with van der Waals surface area (Å²) in [5.74, 6) is -5.81. The number of aryl methyl sites for hydroxylation is 1. The number of unbranched alkanes of at least 4 members (excludes halogenated alkanes) is 2. The topological polar surface area (TPSA) is 171 Å². The first-order valence-corrected chi connectivity index (χ1v) is 13.7. The van der Waals surface area contributed by atoms with Gasteiger partial charge in [0.25, 0.3) is 0 Å². The lowest BCUT2D eigenvalue weighted by Crippen LogP contribution is -2.15. The molecule has 0 amide bonds. The third-order valence-electron chi connectivity index (χ3n) is 6.76. The number of phenols is 4. The van der Waals surface area contributed by atoms with Gasteiger partial charge in [0, 0.05) is 18.2 Å². The predicted octanol–water partition coefficient (Wildman–Crippen LogP) is 6.63. The Hall–Kier alpha value is -4.73. The number of esters is 2. The van der Waals surface area contributed by atoms with Crippen molar-refractivity contribution < 1.29 is 49.4 Å². The average Bonchev–Trinajstić information content (AvgIpc) is 2.87. The first-order chi connectivity index (χ1) is 19.7. The zero-order chi connectivity index (χ0) is 31.3. The molecule has 3 aromatic carbocycles. The lowest BCUT2D eigenvalue weighted by molar-refractivity contribution is 0.0689. The molecule has 0 aliphatic rings. The predicted molar refractivity (Wildman–Crippen MR) is 154 cm³/mol. The molecule has 5 N–H and O–H groups in total. The van der Waals surface area contributed by atoms with E-state index in [0.29, 0.717) is 12.0 Å². The summed E-state index contributed by atoms with van der Waals surface area (Å²) in [5.41, 5.74) is 0.352. The minimum absolute atomic E-state index is 0.0877. The van der Waals surface area contributed by atoms with Crippen LogP contribution in [-0.4, -0.2) is 43.4 Å². The average molecular weight is 581 g/mol. The SMILES string of the molecule is CCCCCc1cc(O)cc(O)c1C(=O)Oc1cc(O)c(C(=O)Oc2cc(O)c(C(=O)O)c(C(C)C)c2)c(C(C)C)c1. The maximum Gasteiger partial charge on any atom is 0.347 e. The summed E-state index contributed by atoms with van der Waals surface area (Å²) in [4.78, 5) is 38.0. The molecule has 224 valence electrons. The number of carbonyl (C=O) groups excluding carboxylic acids is 2. The van der Waals surface area contributed by atoms with E-state index in [1.165, 1.54) is 18.2 Å². The largest absolute Gasteiger partial charge is 0.508 e. The second-order valence-electron chi connectivity index (χ2n) is 10.7. The highest BCUT2D eigenvalue weighted by Crippen LogP contribution is 2.37. The second-order valence-corrected chi connectivity index (χ2v) is 10.7. The number of hydrogen-bond acceptors (Lipinski definition) is 9. The van der Waals surface area contributed by atoms with Crippen molar-refractivity contribution >= 4 is 17.9 Å². The molecule has 0 fully saturated rings. The Kier molecular flexibility index (Phi) is 10.1. The van der Waals surface area contributed by atoms with Crippen molar-refractivity contribution in [2.45, 2.75) is 72.1 Å².